The molecule has 0 atom stereocenters. The second-order valence-corrected chi connectivity index (χ2v) is 5.90. The summed E-state index contributed by atoms with van der Waals surface area (Å²) in [5, 5.41) is 29.5. The van der Waals surface area contributed by atoms with E-state index in [0.29, 0.717) is 11.0 Å². The van der Waals surface area contributed by atoms with Crippen molar-refractivity contribution in [1.82, 2.24) is 0 Å². The first-order valence-electron chi connectivity index (χ1n) is 6.06. The second-order valence-electron chi connectivity index (χ2n) is 5.52. The quantitative estimate of drug-likeness (QED) is 0.709. The summed E-state index contributed by atoms with van der Waals surface area (Å²) < 4.78 is 5.51. The van der Waals surface area contributed by atoms with Gasteiger partial charge in [-0.2, -0.15) is 0 Å². The number of aliphatic hydroxyl groups excluding tert-OH is 1. The molecule has 1 aromatic rings. The third-order valence-electron chi connectivity index (χ3n) is 3.42. The average molecular weight is 287 g/mol. The first-order chi connectivity index (χ1) is 8.60. The Morgan fingerprint density at radius 1 is 1.26 bits per heavy atom. The summed E-state index contributed by atoms with van der Waals surface area (Å²) in [6, 6.07) is 4.96. The summed E-state index contributed by atoms with van der Waals surface area (Å²) in [6.45, 7) is 6.35. The molecule has 106 valence electrons. The molecule has 0 spiro atoms. The van der Waals surface area contributed by atoms with E-state index in [9.17, 15) is 10.1 Å². The number of benzene rings is 1. The number of rotatable bonds is 5. The summed E-state index contributed by atoms with van der Waals surface area (Å²) >= 11 is 6.08. The van der Waals surface area contributed by atoms with Gasteiger partial charge in [-0.25, -0.2) is 0 Å². The highest BCUT2D eigenvalue weighted by atomic mass is 35.5. The molecule has 0 saturated heterocycles. The van der Waals surface area contributed by atoms with Crippen LogP contribution in [-0.2, 0) is 11.3 Å². The van der Waals surface area contributed by atoms with Crippen LogP contribution in [-0.4, -0.2) is 33.6 Å². The van der Waals surface area contributed by atoms with Crippen LogP contribution < -0.4 is 5.46 Å². The topological polar surface area (TPSA) is 69.9 Å². The standard InChI is InChI=1S/C13H20BClO4/c1-12(2,17)13(3,4)19-14(18)10-7-5-6-9(8-16)11(10)15/h5-7,16-18H,8H2,1-4H3. The molecule has 19 heavy (non-hydrogen) atoms. The van der Waals surface area contributed by atoms with Crippen LogP contribution in [0, 0.1) is 0 Å². The van der Waals surface area contributed by atoms with Gasteiger partial charge in [-0.15, -0.1) is 0 Å². The Bertz CT molecular complexity index is 443. The van der Waals surface area contributed by atoms with E-state index in [1.165, 1.54) is 0 Å². The van der Waals surface area contributed by atoms with Gasteiger partial charge in [0, 0.05) is 10.5 Å². The Hall–Kier alpha value is -0.585. The van der Waals surface area contributed by atoms with Crippen molar-refractivity contribution >= 4 is 24.2 Å². The molecular weight excluding hydrogens is 266 g/mol. The fourth-order valence-corrected chi connectivity index (χ4v) is 1.68. The maximum absolute atomic E-state index is 10.1. The molecule has 0 aliphatic carbocycles. The van der Waals surface area contributed by atoms with Gasteiger partial charge < -0.3 is 19.9 Å². The predicted molar refractivity (Wildman–Crippen MR) is 76.4 cm³/mol. The van der Waals surface area contributed by atoms with Gasteiger partial charge >= 0.3 is 7.12 Å². The van der Waals surface area contributed by atoms with Crippen LogP contribution in [0.3, 0.4) is 0 Å². The third-order valence-corrected chi connectivity index (χ3v) is 3.89. The summed E-state index contributed by atoms with van der Waals surface area (Å²) in [4.78, 5) is 0. The molecule has 0 aliphatic rings. The minimum Gasteiger partial charge on any atom is -0.423 e. The number of halogens is 1. The van der Waals surface area contributed by atoms with Crippen molar-refractivity contribution in [3.05, 3.63) is 28.8 Å². The number of aliphatic hydroxyl groups is 2. The Balaban J connectivity index is 2.99. The highest BCUT2D eigenvalue weighted by molar-refractivity contribution is 6.64. The van der Waals surface area contributed by atoms with Crippen LogP contribution >= 0.6 is 11.6 Å². The molecule has 0 fully saturated rings. The maximum atomic E-state index is 10.1. The van der Waals surface area contributed by atoms with Crippen LogP contribution in [0.1, 0.15) is 33.3 Å². The van der Waals surface area contributed by atoms with E-state index < -0.39 is 18.3 Å². The summed E-state index contributed by atoms with van der Waals surface area (Å²) in [6.07, 6.45) is 0. The molecule has 0 unspecified atom stereocenters. The van der Waals surface area contributed by atoms with Gasteiger partial charge in [0.2, 0.25) is 0 Å². The second kappa shape index (κ2) is 5.81. The van der Waals surface area contributed by atoms with Crippen molar-refractivity contribution in [3.8, 4) is 0 Å². The molecule has 0 aromatic heterocycles. The molecule has 0 radical (unpaired) electrons. The van der Waals surface area contributed by atoms with Crippen molar-refractivity contribution in [1.29, 1.82) is 0 Å². The molecule has 0 amide bonds. The molecule has 3 N–H and O–H groups in total. The molecule has 0 saturated carbocycles. The van der Waals surface area contributed by atoms with Gasteiger partial charge in [0.05, 0.1) is 17.8 Å². The van der Waals surface area contributed by atoms with Crippen LogP contribution in [0.2, 0.25) is 5.02 Å². The zero-order valence-corrected chi connectivity index (χ0v) is 12.4. The minimum absolute atomic E-state index is 0.214. The molecule has 6 heteroatoms. The Morgan fingerprint density at radius 3 is 2.32 bits per heavy atom. The fraction of sp³-hybridized carbons (Fsp3) is 0.538. The average Bonchev–Trinajstić information content (AvgIpc) is 2.27. The van der Waals surface area contributed by atoms with Crippen molar-refractivity contribution in [3.63, 3.8) is 0 Å². The Kier molecular flexibility index (Phi) is 5.04. The first kappa shape index (κ1) is 16.5. The van der Waals surface area contributed by atoms with E-state index >= 15 is 0 Å². The lowest BCUT2D eigenvalue weighted by atomic mass is 9.76. The Labute approximate surface area is 119 Å². The maximum Gasteiger partial charge on any atom is 0.493 e. The summed E-state index contributed by atoms with van der Waals surface area (Å²) in [5.74, 6) is 0. The molecule has 0 aliphatic heterocycles. The number of hydrogen-bond acceptors (Lipinski definition) is 4. The highest BCUT2D eigenvalue weighted by Crippen LogP contribution is 2.26. The fourth-order valence-electron chi connectivity index (χ4n) is 1.40. The van der Waals surface area contributed by atoms with E-state index in [1.807, 2.05) is 0 Å². The normalized spacial score (nSPS) is 12.6. The molecule has 0 heterocycles. The molecule has 1 rings (SSSR count). The first-order valence-corrected chi connectivity index (χ1v) is 6.44. The minimum atomic E-state index is -1.28. The highest BCUT2D eigenvalue weighted by Gasteiger charge is 2.40. The van der Waals surface area contributed by atoms with Crippen molar-refractivity contribution < 1.29 is 19.9 Å². The van der Waals surface area contributed by atoms with Crippen LogP contribution in [0.4, 0.5) is 0 Å². The van der Waals surface area contributed by atoms with Gasteiger partial charge in [0.25, 0.3) is 0 Å². The number of hydrogen-bond donors (Lipinski definition) is 3. The smallest absolute Gasteiger partial charge is 0.423 e. The summed E-state index contributed by atoms with van der Waals surface area (Å²) in [5.41, 5.74) is -1.21. The third kappa shape index (κ3) is 3.71. The lowest BCUT2D eigenvalue weighted by Crippen LogP contribution is -2.53. The van der Waals surface area contributed by atoms with Gasteiger partial charge in [0.1, 0.15) is 0 Å². The lowest BCUT2D eigenvalue weighted by Gasteiger charge is -2.38. The summed E-state index contributed by atoms with van der Waals surface area (Å²) in [7, 11) is -1.28. The van der Waals surface area contributed by atoms with Crippen LogP contribution in [0.15, 0.2) is 18.2 Å². The van der Waals surface area contributed by atoms with Gasteiger partial charge in [-0.05, 0) is 33.3 Å². The van der Waals surface area contributed by atoms with Gasteiger partial charge in [0.15, 0.2) is 0 Å². The predicted octanol–water partition coefficient (Wildman–Crippen LogP) is 1.09. The van der Waals surface area contributed by atoms with Gasteiger partial charge in [-0.3, -0.25) is 0 Å². The molecule has 1 aromatic carbocycles. The van der Waals surface area contributed by atoms with E-state index in [0.717, 1.165) is 0 Å². The van der Waals surface area contributed by atoms with E-state index in [1.54, 1.807) is 45.9 Å². The molecule has 4 nitrogen and oxygen atoms in total. The molecular formula is C13H20BClO4. The molecule has 0 bridgehead atoms. The van der Waals surface area contributed by atoms with E-state index in [-0.39, 0.29) is 11.6 Å². The van der Waals surface area contributed by atoms with Gasteiger partial charge in [-0.1, -0.05) is 29.8 Å². The van der Waals surface area contributed by atoms with Crippen LogP contribution in [0.5, 0.6) is 0 Å². The zero-order chi connectivity index (χ0) is 14.8. The Morgan fingerprint density at radius 2 is 1.84 bits per heavy atom. The van der Waals surface area contributed by atoms with Crippen molar-refractivity contribution in [2.45, 2.75) is 45.5 Å². The SMILES string of the molecule is CC(C)(O)C(C)(C)OB(O)c1cccc(CO)c1Cl. The van der Waals surface area contributed by atoms with Crippen LogP contribution in [0.25, 0.3) is 0 Å². The van der Waals surface area contributed by atoms with E-state index in [4.69, 9.17) is 21.4 Å². The lowest BCUT2D eigenvalue weighted by molar-refractivity contribution is -0.0982. The van der Waals surface area contributed by atoms with E-state index in [2.05, 4.69) is 0 Å². The van der Waals surface area contributed by atoms with Crippen molar-refractivity contribution in [2.75, 3.05) is 0 Å². The zero-order valence-electron chi connectivity index (χ0n) is 11.6. The largest absolute Gasteiger partial charge is 0.493 e. The van der Waals surface area contributed by atoms with Crippen molar-refractivity contribution in [2.24, 2.45) is 0 Å². The monoisotopic (exact) mass is 286 g/mol.